The van der Waals surface area contributed by atoms with E-state index < -0.39 is 5.97 Å². The lowest BCUT2D eigenvalue weighted by molar-refractivity contribution is -0.144. The highest BCUT2D eigenvalue weighted by Gasteiger charge is 2.12. The fourth-order valence-corrected chi connectivity index (χ4v) is 1.90. The van der Waals surface area contributed by atoms with Crippen molar-refractivity contribution in [3.63, 3.8) is 0 Å². The van der Waals surface area contributed by atoms with Crippen molar-refractivity contribution in [3.8, 4) is 0 Å². The van der Waals surface area contributed by atoms with E-state index in [1.165, 1.54) is 10.8 Å². The van der Waals surface area contributed by atoms with E-state index in [2.05, 4.69) is 4.98 Å². The number of halogens is 1. The van der Waals surface area contributed by atoms with Gasteiger partial charge >= 0.3 is 5.97 Å². The number of nitrogens with zero attached hydrogens (tertiary/aromatic N) is 2. The van der Waals surface area contributed by atoms with Gasteiger partial charge in [-0.3, -0.25) is 19.0 Å². The van der Waals surface area contributed by atoms with Crippen LogP contribution in [-0.4, -0.2) is 27.9 Å². The van der Waals surface area contributed by atoms with Crippen LogP contribution in [0.15, 0.2) is 11.0 Å². The molecule has 0 amide bonds. The number of hydrogen-bond donors (Lipinski definition) is 0. The Morgan fingerprint density at radius 2 is 2.11 bits per heavy atom. The first-order chi connectivity index (χ1) is 8.95. The minimum atomic E-state index is -0.402. The van der Waals surface area contributed by atoms with E-state index >= 15 is 0 Å². The number of rotatable bonds is 6. The number of hydrogen-bond acceptors (Lipinski definition) is 5. The molecule has 1 aromatic rings. The van der Waals surface area contributed by atoms with Crippen molar-refractivity contribution in [3.05, 3.63) is 25.9 Å². The number of carbonyl (C=O) groups excluding carboxylic acids is 2. The van der Waals surface area contributed by atoms with Crippen molar-refractivity contribution in [2.45, 2.75) is 33.2 Å². The summed E-state index contributed by atoms with van der Waals surface area (Å²) in [5, 5.41) is 0. The summed E-state index contributed by atoms with van der Waals surface area (Å²) in [5.74, 6) is -0.113. The summed E-state index contributed by atoms with van der Waals surface area (Å²) < 4.78 is 6.51. The number of aryl methyl sites for hydroxylation is 1. The quantitative estimate of drug-likeness (QED) is 0.547. The number of ether oxygens (including phenoxy) is 1. The molecule has 0 saturated carbocycles. The Morgan fingerprint density at radius 3 is 2.74 bits per heavy atom. The standard InChI is InChI=1S/C12H15IN2O4/c1-3-19-11(17)5-4-9(16)7-15-8(2)14-6-10(13)12(15)18/h6H,3-5,7H2,1-2H3. The molecule has 1 aromatic heterocycles. The van der Waals surface area contributed by atoms with Crippen LogP contribution < -0.4 is 5.56 Å². The average Bonchev–Trinajstić information content (AvgIpc) is 2.37. The molecule has 0 aliphatic carbocycles. The molecular formula is C12H15IN2O4. The third-order valence-electron chi connectivity index (χ3n) is 2.45. The first kappa shape index (κ1) is 15.8. The van der Waals surface area contributed by atoms with Gasteiger partial charge in [0.15, 0.2) is 5.78 Å². The molecular weight excluding hydrogens is 363 g/mol. The Labute approximate surface area is 124 Å². The van der Waals surface area contributed by atoms with Gasteiger partial charge in [-0.25, -0.2) is 4.98 Å². The highest BCUT2D eigenvalue weighted by molar-refractivity contribution is 14.1. The maximum absolute atomic E-state index is 11.8. The maximum atomic E-state index is 11.8. The molecule has 0 unspecified atom stereocenters. The van der Waals surface area contributed by atoms with Gasteiger partial charge in [0.2, 0.25) is 0 Å². The largest absolute Gasteiger partial charge is 0.466 e. The zero-order valence-corrected chi connectivity index (χ0v) is 13.0. The lowest BCUT2D eigenvalue weighted by Crippen LogP contribution is -2.29. The van der Waals surface area contributed by atoms with Crippen molar-refractivity contribution < 1.29 is 14.3 Å². The first-order valence-corrected chi connectivity index (χ1v) is 6.92. The van der Waals surface area contributed by atoms with Crippen LogP contribution in [0, 0.1) is 10.5 Å². The van der Waals surface area contributed by atoms with Crippen LogP contribution in [0.1, 0.15) is 25.6 Å². The molecule has 1 heterocycles. The molecule has 0 aromatic carbocycles. The molecule has 0 aliphatic rings. The molecule has 19 heavy (non-hydrogen) atoms. The van der Waals surface area contributed by atoms with E-state index in [0.29, 0.717) is 16.0 Å². The minimum Gasteiger partial charge on any atom is -0.466 e. The highest BCUT2D eigenvalue weighted by Crippen LogP contribution is 2.01. The van der Waals surface area contributed by atoms with Gasteiger partial charge in [-0.1, -0.05) is 0 Å². The van der Waals surface area contributed by atoms with Crippen LogP contribution in [0.5, 0.6) is 0 Å². The SMILES string of the molecule is CCOC(=O)CCC(=O)Cn1c(C)ncc(I)c1=O. The number of aromatic nitrogens is 2. The first-order valence-electron chi connectivity index (χ1n) is 5.85. The van der Waals surface area contributed by atoms with E-state index in [-0.39, 0.29) is 30.7 Å². The molecule has 0 saturated heterocycles. The van der Waals surface area contributed by atoms with Crippen LogP contribution in [0.3, 0.4) is 0 Å². The van der Waals surface area contributed by atoms with Gasteiger partial charge in [0.1, 0.15) is 5.82 Å². The van der Waals surface area contributed by atoms with Gasteiger partial charge < -0.3 is 4.74 Å². The Morgan fingerprint density at radius 1 is 1.42 bits per heavy atom. The number of esters is 1. The van der Waals surface area contributed by atoms with E-state index in [4.69, 9.17) is 4.74 Å². The topological polar surface area (TPSA) is 78.3 Å². The molecule has 0 aliphatic heterocycles. The van der Waals surface area contributed by atoms with Crippen LogP contribution in [0.4, 0.5) is 0 Å². The lowest BCUT2D eigenvalue weighted by atomic mass is 10.2. The van der Waals surface area contributed by atoms with Gasteiger partial charge in [-0.05, 0) is 36.4 Å². The molecule has 104 valence electrons. The molecule has 0 N–H and O–H groups in total. The monoisotopic (exact) mass is 378 g/mol. The Hall–Kier alpha value is -1.25. The van der Waals surface area contributed by atoms with Gasteiger partial charge in [0.25, 0.3) is 5.56 Å². The van der Waals surface area contributed by atoms with Gasteiger partial charge in [-0.2, -0.15) is 0 Å². The van der Waals surface area contributed by atoms with E-state index in [0.717, 1.165) is 0 Å². The molecule has 6 nitrogen and oxygen atoms in total. The predicted molar refractivity (Wildman–Crippen MR) is 76.8 cm³/mol. The van der Waals surface area contributed by atoms with Crippen molar-refractivity contribution in [2.75, 3.05) is 6.61 Å². The third-order valence-corrected chi connectivity index (χ3v) is 3.19. The zero-order chi connectivity index (χ0) is 14.4. The Balaban J connectivity index is 2.65. The van der Waals surface area contributed by atoms with Crippen LogP contribution in [0.25, 0.3) is 0 Å². The van der Waals surface area contributed by atoms with Crippen molar-refractivity contribution >= 4 is 34.3 Å². The summed E-state index contributed by atoms with van der Waals surface area (Å²) in [7, 11) is 0. The lowest BCUT2D eigenvalue weighted by Gasteiger charge is -2.08. The van der Waals surface area contributed by atoms with Crippen LogP contribution in [0.2, 0.25) is 0 Å². The van der Waals surface area contributed by atoms with Crippen molar-refractivity contribution in [2.24, 2.45) is 0 Å². The van der Waals surface area contributed by atoms with Gasteiger partial charge in [0.05, 0.1) is 23.1 Å². The second kappa shape index (κ2) is 7.37. The van der Waals surface area contributed by atoms with Crippen LogP contribution in [-0.2, 0) is 20.9 Å². The van der Waals surface area contributed by atoms with E-state index in [1.54, 1.807) is 13.8 Å². The molecule has 0 radical (unpaired) electrons. The summed E-state index contributed by atoms with van der Waals surface area (Å²) in [6.07, 6.45) is 1.58. The maximum Gasteiger partial charge on any atom is 0.306 e. The summed E-state index contributed by atoms with van der Waals surface area (Å²) in [5.41, 5.74) is -0.238. The number of carbonyl (C=O) groups is 2. The number of Topliss-reactive ketones (excluding diaryl/α,β-unsaturated/α-hetero) is 1. The minimum absolute atomic E-state index is 0.0395. The second-order valence-corrected chi connectivity index (χ2v) is 5.05. The third kappa shape index (κ3) is 4.73. The molecule has 0 atom stereocenters. The molecule has 0 fully saturated rings. The summed E-state index contributed by atoms with van der Waals surface area (Å²) in [4.78, 5) is 38.7. The fourth-order valence-electron chi connectivity index (χ4n) is 1.47. The van der Waals surface area contributed by atoms with Gasteiger partial charge in [-0.15, -0.1) is 0 Å². The predicted octanol–water partition coefficient (Wildman–Crippen LogP) is 1.07. The summed E-state index contributed by atoms with van der Waals surface area (Å²) in [6.45, 7) is 3.61. The molecule has 0 spiro atoms. The molecule has 0 bridgehead atoms. The average molecular weight is 378 g/mol. The normalized spacial score (nSPS) is 10.3. The Bertz CT molecular complexity index is 539. The second-order valence-electron chi connectivity index (χ2n) is 3.89. The highest BCUT2D eigenvalue weighted by atomic mass is 127. The van der Waals surface area contributed by atoms with Crippen LogP contribution >= 0.6 is 22.6 Å². The van der Waals surface area contributed by atoms with Crippen molar-refractivity contribution in [1.29, 1.82) is 0 Å². The fraction of sp³-hybridized carbons (Fsp3) is 0.500. The summed E-state index contributed by atoms with van der Waals surface area (Å²) in [6, 6.07) is 0. The smallest absolute Gasteiger partial charge is 0.306 e. The zero-order valence-electron chi connectivity index (χ0n) is 10.8. The van der Waals surface area contributed by atoms with Crippen molar-refractivity contribution in [1.82, 2.24) is 9.55 Å². The molecule has 1 rings (SSSR count). The molecule has 7 heteroatoms. The van der Waals surface area contributed by atoms with Gasteiger partial charge in [0, 0.05) is 12.6 Å². The number of ketones is 1. The summed E-state index contributed by atoms with van der Waals surface area (Å²) >= 11 is 1.88. The Kier molecular flexibility index (Phi) is 6.13. The van der Waals surface area contributed by atoms with E-state index in [9.17, 15) is 14.4 Å². The van der Waals surface area contributed by atoms with E-state index in [1.807, 2.05) is 22.6 Å².